The number of hydrogen-bond acceptors (Lipinski definition) is 4. The summed E-state index contributed by atoms with van der Waals surface area (Å²) in [6.45, 7) is 0. The lowest BCUT2D eigenvalue weighted by Crippen LogP contribution is -2.16. The van der Waals surface area contributed by atoms with Crippen molar-refractivity contribution >= 4 is 23.6 Å². The normalized spacial score (nSPS) is 8.50. The van der Waals surface area contributed by atoms with E-state index in [2.05, 4.69) is 0 Å². The summed E-state index contributed by atoms with van der Waals surface area (Å²) in [5.41, 5.74) is 18.8. The van der Waals surface area contributed by atoms with Gasteiger partial charge >= 0.3 is 0 Å². The fraction of sp³-hybridized carbons (Fsp3) is 0.500. The first-order valence-electron chi connectivity index (χ1n) is 4.39. The summed E-state index contributed by atoms with van der Waals surface area (Å²) in [4.78, 5) is 39.7. The van der Waals surface area contributed by atoms with Gasteiger partial charge in [-0.2, -0.15) is 0 Å². The second-order valence-electron chi connectivity index (χ2n) is 2.87. The molecule has 0 radical (unpaired) electrons. The lowest BCUT2D eigenvalue weighted by Gasteiger charge is -1.87. The standard InChI is InChI=1S/2C4H8N2O2/c2*5-3(7)1-2-4(6)8/h2*1-2H2,(H2,5,7)(H2,6,8). The van der Waals surface area contributed by atoms with E-state index in [0.29, 0.717) is 0 Å². The molecule has 0 aliphatic rings. The maximum absolute atomic E-state index is 9.92. The van der Waals surface area contributed by atoms with Crippen LogP contribution in [0.2, 0.25) is 0 Å². The molecule has 0 aliphatic heterocycles. The Morgan fingerprint density at radius 1 is 0.500 bits per heavy atom. The molecule has 16 heavy (non-hydrogen) atoms. The molecule has 0 aromatic carbocycles. The Bertz CT molecular complexity index is 221. The van der Waals surface area contributed by atoms with Crippen LogP contribution in [0.3, 0.4) is 0 Å². The number of carbonyl (C=O) groups excluding carboxylic acids is 4. The summed E-state index contributed by atoms with van der Waals surface area (Å²) in [6, 6.07) is 0. The van der Waals surface area contributed by atoms with Gasteiger partial charge < -0.3 is 22.9 Å². The van der Waals surface area contributed by atoms with Crippen LogP contribution in [-0.2, 0) is 19.2 Å². The quantitative estimate of drug-likeness (QED) is 0.395. The average molecular weight is 232 g/mol. The molecule has 0 bridgehead atoms. The molecule has 8 N–H and O–H groups in total. The molecule has 0 unspecified atom stereocenters. The number of hydrogen-bond donors (Lipinski definition) is 4. The van der Waals surface area contributed by atoms with Crippen LogP contribution in [0.15, 0.2) is 0 Å². The van der Waals surface area contributed by atoms with E-state index in [1.807, 2.05) is 0 Å². The van der Waals surface area contributed by atoms with Crippen molar-refractivity contribution in [2.45, 2.75) is 25.7 Å². The Labute approximate surface area is 92.3 Å². The van der Waals surface area contributed by atoms with Gasteiger partial charge in [0.15, 0.2) is 0 Å². The van der Waals surface area contributed by atoms with E-state index >= 15 is 0 Å². The van der Waals surface area contributed by atoms with Gasteiger partial charge in [-0.3, -0.25) is 19.2 Å². The van der Waals surface area contributed by atoms with Gasteiger partial charge in [0.2, 0.25) is 23.6 Å². The second kappa shape index (κ2) is 9.44. The predicted octanol–water partition coefficient (Wildman–Crippen LogP) is -2.53. The number of amides is 4. The molecular formula is C8H16N4O4. The van der Waals surface area contributed by atoms with Crippen LogP contribution >= 0.6 is 0 Å². The van der Waals surface area contributed by atoms with Gasteiger partial charge in [0, 0.05) is 25.7 Å². The Kier molecular flexibility index (Phi) is 9.62. The highest BCUT2D eigenvalue weighted by atomic mass is 16.2. The molecule has 4 amide bonds. The molecular weight excluding hydrogens is 216 g/mol. The Morgan fingerprint density at radius 3 is 0.688 bits per heavy atom. The zero-order valence-corrected chi connectivity index (χ0v) is 8.77. The smallest absolute Gasteiger partial charge is 0.217 e. The van der Waals surface area contributed by atoms with E-state index in [0.717, 1.165) is 0 Å². The van der Waals surface area contributed by atoms with Gasteiger partial charge in [-0.25, -0.2) is 0 Å². The van der Waals surface area contributed by atoms with Crippen molar-refractivity contribution in [2.24, 2.45) is 22.9 Å². The van der Waals surface area contributed by atoms with E-state index in [9.17, 15) is 19.2 Å². The first kappa shape index (κ1) is 16.3. The van der Waals surface area contributed by atoms with E-state index in [1.165, 1.54) is 0 Å². The summed E-state index contributed by atoms with van der Waals surface area (Å²) < 4.78 is 0. The van der Waals surface area contributed by atoms with Gasteiger partial charge in [0.05, 0.1) is 0 Å². The van der Waals surface area contributed by atoms with Gasteiger partial charge in [-0.1, -0.05) is 0 Å². The highest BCUT2D eigenvalue weighted by Gasteiger charge is 1.97. The van der Waals surface area contributed by atoms with Crippen LogP contribution in [0, 0.1) is 0 Å². The van der Waals surface area contributed by atoms with Crippen molar-refractivity contribution in [3.63, 3.8) is 0 Å². The minimum Gasteiger partial charge on any atom is -0.370 e. The summed E-state index contributed by atoms with van der Waals surface area (Å²) in [7, 11) is 0. The average Bonchev–Trinajstić information content (AvgIpc) is 2.12. The first-order valence-corrected chi connectivity index (χ1v) is 4.39. The summed E-state index contributed by atoms with van der Waals surface area (Å²) in [6.07, 6.45) is 0.204. The summed E-state index contributed by atoms with van der Waals surface area (Å²) in [5.74, 6) is -1.99. The van der Waals surface area contributed by atoms with Crippen LogP contribution in [0.1, 0.15) is 25.7 Å². The highest BCUT2D eigenvalue weighted by Crippen LogP contribution is 1.83. The molecule has 0 aromatic heterocycles. The van der Waals surface area contributed by atoms with Crippen molar-refractivity contribution in [1.82, 2.24) is 0 Å². The fourth-order valence-electron chi connectivity index (χ4n) is 0.493. The zero-order valence-electron chi connectivity index (χ0n) is 8.77. The molecule has 0 heterocycles. The predicted molar refractivity (Wildman–Crippen MR) is 55.2 cm³/mol. The zero-order chi connectivity index (χ0) is 13.1. The van der Waals surface area contributed by atoms with Crippen molar-refractivity contribution in [3.05, 3.63) is 0 Å². The fourth-order valence-corrected chi connectivity index (χ4v) is 0.493. The van der Waals surface area contributed by atoms with E-state index in [1.54, 1.807) is 0 Å². The van der Waals surface area contributed by atoms with Crippen molar-refractivity contribution < 1.29 is 19.2 Å². The maximum atomic E-state index is 9.92. The second-order valence-corrected chi connectivity index (χ2v) is 2.87. The van der Waals surface area contributed by atoms with Crippen LogP contribution in [0.25, 0.3) is 0 Å². The number of carbonyl (C=O) groups is 4. The lowest BCUT2D eigenvalue weighted by molar-refractivity contribution is -0.123. The Balaban J connectivity index is 0. The topological polar surface area (TPSA) is 172 Å². The minimum atomic E-state index is -0.496. The molecule has 0 saturated heterocycles. The summed E-state index contributed by atoms with van der Waals surface area (Å²) in [5, 5.41) is 0. The van der Waals surface area contributed by atoms with E-state index in [4.69, 9.17) is 22.9 Å². The van der Waals surface area contributed by atoms with Crippen LogP contribution in [0.4, 0.5) is 0 Å². The molecule has 0 rings (SSSR count). The van der Waals surface area contributed by atoms with Gasteiger partial charge in [-0.15, -0.1) is 0 Å². The van der Waals surface area contributed by atoms with E-state index in [-0.39, 0.29) is 25.7 Å². The molecule has 0 spiro atoms. The van der Waals surface area contributed by atoms with Crippen LogP contribution in [0.5, 0.6) is 0 Å². The monoisotopic (exact) mass is 232 g/mol. The van der Waals surface area contributed by atoms with Crippen LogP contribution < -0.4 is 22.9 Å². The highest BCUT2D eigenvalue weighted by molar-refractivity contribution is 5.82. The summed E-state index contributed by atoms with van der Waals surface area (Å²) >= 11 is 0. The largest absolute Gasteiger partial charge is 0.370 e. The maximum Gasteiger partial charge on any atom is 0.217 e. The third-order valence-electron chi connectivity index (χ3n) is 1.24. The molecule has 0 saturated carbocycles. The third-order valence-corrected chi connectivity index (χ3v) is 1.24. The molecule has 92 valence electrons. The molecule has 0 aromatic rings. The van der Waals surface area contributed by atoms with Gasteiger partial charge in [0.1, 0.15) is 0 Å². The SMILES string of the molecule is NC(=O)CCC(N)=O.NC(=O)CCC(N)=O. The molecule has 8 heteroatoms. The molecule has 0 atom stereocenters. The third kappa shape index (κ3) is 22.6. The number of rotatable bonds is 6. The van der Waals surface area contributed by atoms with Crippen molar-refractivity contribution in [1.29, 1.82) is 0 Å². The Hall–Kier alpha value is -2.12. The van der Waals surface area contributed by atoms with Gasteiger partial charge in [0.25, 0.3) is 0 Å². The van der Waals surface area contributed by atoms with Crippen molar-refractivity contribution in [2.75, 3.05) is 0 Å². The van der Waals surface area contributed by atoms with E-state index < -0.39 is 23.6 Å². The van der Waals surface area contributed by atoms with Crippen molar-refractivity contribution in [3.8, 4) is 0 Å². The number of primary amides is 4. The minimum absolute atomic E-state index is 0.0509. The first-order chi connectivity index (χ1) is 7.25. The van der Waals surface area contributed by atoms with Crippen LogP contribution in [-0.4, -0.2) is 23.6 Å². The van der Waals surface area contributed by atoms with Gasteiger partial charge in [-0.05, 0) is 0 Å². The Morgan fingerprint density at radius 2 is 0.625 bits per heavy atom. The lowest BCUT2D eigenvalue weighted by atomic mass is 10.3. The number of nitrogens with two attached hydrogens (primary N) is 4. The molecule has 0 fully saturated rings. The molecule has 8 nitrogen and oxygen atoms in total. The molecule has 0 aliphatic carbocycles.